The molecule has 9 nitrogen and oxygen atoms in total. The largest absolute Gasteiger partial charge is 0.493 e. The Morgan fingerprint density at radius 3 is 2.76 bits per heavy atom. The van der Waals surface area contributed by atoms with E-state index >= 15 is 0 Å². The Morgan fingerprint density at radius 2 is 2.10 bits per heavy atom. The third-order valence-electron chi connectivity index (χ3n) is 5.43. The molecular weight excluding hydrogens is 374 g/mol. The van der Waals surface area contributed by atoms with E-state index in [1.54, 1.807) is 13.3 Å². The lowest BCUT2D eigenvalue weighted by atomic mass is 9.87. The number of piperidine rings is 1. The molecule has 2 aliphatic rings. The van der Waals surface area contributed by atoms with Crippen molar-refractivity contribution in [1.29, 1.82) is 0 Å². The van der Waals surface area contributed by atoms with Crippen molar-refractivity contribution < 1.29 is 19.4 Å². The van der Waals surface area contributed by atoms with E-state index in [4.69, 9.17) is 20.9 Å². The van der Waals surface area contributed by atoms with E-state index in [0.29, 0.717) is 49.7 Å². The lowest BCUT2D eigenvalue weighted by Crippen LogP contribution is -2.49. The standard InChI is InChI=1S/C20H23N5O4/c1-28-15-10-12(9-14-11-23-18(22)24-17(14)21)8-13-2-3-20(29-16(13)15)4-6-25(7-5-20)19(26)27/h2-3,8,10-11H,4-7,9H2,1H3,(H,26,27)(H4,21,22,23,24). The fraction of sp³-hybridized carbons (Fsp3) is 0.350. The maximum absolute atomic E-state index is 11.2. The molecule has 1 aromatic carbocycles. The summed E-state index contributed by atoms with van der Waals surface area (Å²) in [5.41, 5.74) is 13.7. The quantitative estimate of drug-likeness (QED) is 0.716. The third-order valence-corrected chi connectivity index (χ3v) is 5.43. The highest BCUT2D eigenvalue weighted by atomic mass is 16.5. The molecule has 5 N–H and O–H groups in total. The normalized spacial score (nSPS) is 16.9. The molecule has 4 rings (SSSR count). The number of methoxy groups -OCH3 is 1. The number of fused-ring (bicyclic) bond motifs is 1. The number of rotatable bonds is 3. The van der Waals surface area contributed by atoms with Crippen molar-refractivity contribution in [3.05, 3.63) is 41.1 Å². The number of amides is 1. The molecule has 3 heterocycles. The van der Waals surface area contributed by atoms with Gasteiger partial charge in [0.25, 0.3) is 0 Å². The number of nitrogens with zero attached hydrogens (tertiary/aromatic N) is 3. The van der Waals surface area contributed by atoms with Crippen LogP contribution in [0.1, 0.15) is 29.5 Å². The average molecular weight is 397 g/mol. The number of ether oxygens (including phenoxy) is 2. The predicted molar refractivity (Wildman–Crippen MR) is 108 cm³/mol. The maximum atomic E-state index is 11.2. The molecule has 1 aromatic heterocycles. The van der Waals surface area contributed by atoms with Gasteiger partial charge in [0, 0.05) is 49.7 Å². The zero-order chi connectivity index (χ0) is 20.6. The van der Waals surface area contributed by atoms with E-state index in [-0.39, 0.29) is 5.95 Å². The number of anilines is 2. The summed E-state index contributed by atoms with van der Waals surface area (Å²) < 4.78 is 11.9. The van der Waals surface area contributed by atoms with Gasteiger partial charge in [0.2, 0.25) is 5.95 Å². The number of carbonyl (C=O) groups is 1. The zero-order valence-corrected chi connectivity index (χ0v) is 16.1. The van der Waals surface area contributed by atoms with E-state index < -0.39 is 11.7 Å². The monoisotopic (exact) mass is 397 g/mol. The van der Waals surface area contributed by atoms with Gasteiger partial charge < -0.3 is 30.9 Å². The summed E-state index contributed by atoms with van der Waals surface area (Å²) in [7, 11) is 1.60. The molecular formula is C20H23N5O4. The number of benzene rings is 1. The van der Waals surface area contributed by atoms with E-state index in [9.17, 15) is 9.90 Å². The highest BCUT2D eigenvalue weighted by Crippen LogP contribution is 2.43. The van der Waals surface area contributed by atoms with Crippen LogP contribution in [-0.4, -0.2) is 51.9 Å². The summed E-state index contributed by atoms with van der Waals surface area (Å²) in [4.78, 5) is 20.6. The summed E-state index contributed by atoms with van der Waals surface area (Å²) in [6, 6.07) is 3.93. The van der Waals surface area contributed by atoms with Crippen LogP contribution in [-0.2, 0) is 6.42 Å². The SMILES string of the molecule is COc1cc(Cc2cnc(N)nc2N)cc2c1OC1(C=C2)CCN(C(=O)O)CC1. The van der Waals surface area contributed by atoms with Gasteiger partial charge in [-0.05, 0) is 23.8 Å². The maximum Gasteiger partial charge on any atom is 0.407 e. The zero-order valence-electron chi connectivity index (χ0n) is 16.1. The number of nitrogen functional groups attached to an aromatic ring is 2. The van der Waals surface area contributed by atoms with Crippen LogP contribution in [0.4, 0.5) is 16.6 Å². The first-order valence-electron chi connectivity index (χ1n) is 9.33. The molecule has 0 aliphatic carbocycles. The molecule has 1 amide bonds. The Morgan fingerprint density at radius 1 is 1.34 bits per heavy atom. The molecule has 152 valence electrons. The van der Waals surface area contributed by atoms with E-state index in [0.717, 1.165) is 16.7 Å². The summed E-state index contributed by atoms with van der Waals surface area (Å²) in [6.07, 6.45) is 6.50. The van der Waals surface area contributed by atoms with Crippen LogP contribution < -0.4 is 20.9 Å². The number of nitrogens with two attached hydrogens (primary N) is 2. The second-order valence-corrected chi connectivity index (χ2v) is 7.30. The van der Waals surface area contributed by atoms with Gasteiger partial charge in [0.05, 0.1) is 7.11 Å². The Kier molecular flexibility index (Phi) is 4.65. The number of likely N-dealkylation sites (tertiary alicyclic amines) is 1. The molecule has 29 heavy (non-hydrogen) atoms. The first-order chi connectivity index (χ1) is 13.9. The minimum Gasteiger partial charge on any atom is -0.493 e. The molecule has 9 heteroatoms. The molecule has 2 aromatic rings. The van der Waals surface area contributed by atoms with Crippen molar-refractivity contribution in [1.82, 2.24) is 14.9 Å². The summed E-state index contributed by atoms with van der Waals surface area (Å²) in [5, 5.41) is 9.17. The lowest BCUT2D eigenvalue weighted by Gasteiger charge is -2.41. The van der Waals surface area contributed by atoms with E-state index in [1.165, 1.54) is 4.90 Å². The molecule has 2 aliphatic heterocycles. The van der Waals surface area contributed by atoms with Gasteiger partial charge in [-0.3, -0.25) is 0 Å². The summed E-state index contributed by atoms with van der Waals surface area (Å²) in [6.45, 7) is 0.873. The van der Waals surface area contributed by atoms with Gasteiger partial charge >= 0.3 is 6.09 Å². The molecule has 1 saturated heterocycles. The summed E-state index contributed by atoms with van der Waals surface area (Å²) in [5.74, 6) is 1.79. The van der Waals surface area contributed by atoms with Crippen LogP contribution in [0, 0.1) is 0 Å². The van der Waals surface area contributed by atoms with Gasteiger partial charge in [-0.1, -0.05) is 6.08 Å². The van der Waals surface area contributed by atoms with Crippen LogP contribution in [0.15, 0.2) is 24.4 Å². The number of hydrogen-bond acceptors (Lipinski definition) is 7. The van der Waals surface area contributed by atoms with Crippen molar-refractivity contribution in [3.8, 4) is 11.5 Å². The highest BCUT2D eigenvalue weighted by molar-refractivity contribution is 5.68. The van der Waals surface area contributed by atoms with Crippen LogP contribution in [0.5, 0.6) is 11.5 Å². The van der Waals surface area contributed by atoms with E-state index in [1.807, 2.05) is 24.3 Å². The minimum atomic E-state index is -0.895. The Balaban J connectivity index is 1.60. The molecule has 0 bridgehead atoms. The fourth-order valence-electron chi connectivity index (χ4n) is 3.78. The molecule has 1 fully saturated rings. The fourth-order valence-corrected chi connectivity index (χ4v) is 3.78. The van der Waals surface area contributed by atoms with Gasteiger partial charge in [0.1, 0.15) is 11.4 Å². The number of carboxylic acid groups (broad SMARTS) is 1. The number of aromatic nitrogens is 2. The van der Waals surface area contributed by atoms with Crippen molar-refractivity contribution in [2.75, 3.05) is 31.7 Å². The van der Waals surface area contributed by atoms with E-state index in [2.05, 4.69) is 9.97 Å². The van der Waals surface area contributed by atoms with Gasteiger partial charge in [0.15, 0.2) is 11.5 Å². The molecule has 0 saturated carbocycles. The van der Waals surface area contributed by atoms with Crippen molar-refractivity contribution in [2.24, 2.45) is 0 Å². The van der Waals surface area contributed by atoms with Crippen molar-refractivity contribution in [2.45, 2.75) is 24.9 Å². The Labute approximate surface area is 167 Å². The Hall–Kier alpha value is -3.49. The highest BCUT2D eigenvalue weighted by Gasteiger charge is 2.39. The van der Waals surface area contributed by atoms with Crippen molar-refractivity contribution >= 4 is 23.9 Å². The third kappa shape index (κ3) is 3.63. The molecule has 0 radical (unpaired) electrons. The second-order valence-electron chi connectivity index (χ2n) is 7.30. The lowest BCUT2D eigenvalue weighted by molar-refractivity contribution is 0.0381. The smallest absolute Gasteiger partial charge is 0.407 e. The van der Waals surface area contributed by atoms with Crippen LogP contribution in [0.3, 0.4) is 0 Å². The number of hydrogen-bond donors (Lipinski definition) is 3. The van der Waals surface area contributed by atoms with Crippen LogP contribution in [0.2, 0.25) is 0 Å². The first-order valence-corrected chi connectivity index (χ1v) is 9.33. The topological polar surface area (TPSA) is 137 Å². The molecule has 0 atom stereocenters. The van der Waals surface area contributed by atoms with Crippen LogP contribution in [0.25, 0.3) is 6.08 Å². The van der Waals surface area contributed by atoms with Gasteiger partial charge in [-0.15, -0.1) is 0 Å². The average Bonchev–Trinajstić information content (AvgIpc) is 2.70. The predicted octanol–water partition coefficient (Wildman–Crippen LogP) is 2.16. The minimum absolute atomic E-state index is 0.143. The molecule has 1 spiro atoms. The second kappa shape index (κ2) is 7.16. The van der Waals surface area contributed by atoms with Gasteiger partial charge in [-0.25, -0.2) is 9.78 Å². The first kappa shape index (κ1) is 18.9. The van der Waals surface area contributed by atoms with Crippen molar-refractivity contribution in [3.63, 3.8) is 0 Å². The molecule has 0 unspecified atom stereocenters. The van der Waals surface area contributed by atoms with Gasteiger partial charge in [-0.2, -0.15) is 4.98 Å². The Bertz CT molecular complexity index is 983. The summed E-state index contributed by atoms with van der Waals surface area (Å²) >= 11 is 0. The van der Waals surface area contributed by atoms with Crippen LogP contribution >= 0.6 is 0 Å².